The molecular weight excluding hydrogens is 285 g/mol. The first-order chi connectivity index (χ1) is 9.20. The van der Waals surface area contributed by atoms with E-state index in [2.05, 4.69) is 4.72 Å². The van der Waals surface area contributed by atoms with E-state index in [1.165, 1.54) is 19.1 Å². The second kappa shape index (κ2) is 6.32. The number of sulfonamides is 1. The average molecular weight is 303 g/mol. The van der Waals surface area contributed by atoms with Crippen molar-refractivity contribution in [2.45, 2.75) is 38.1 Å². The Bertz CT molecular complexity index is 580. The molecule has 0 aliphatic heterocycles. The maximum atomic E-state index is 13.7. The second-order valence-corrected chi connectivity index (χ2v) is 6.36. The molecule has 112 valence electrons. The van der Waals surface area contributed by atoms with E-state index in [0.717, 1.165) is 6.07 Å². The van der Waals surface area contributed by atoms with E-state index in [1.807, 2.05) is 0 Å². The maximum absolute atomic E-state index is 13.7. The summed E-state index contributed by atoms with van der Waals surface area (Å²) in [4.78, 5) is 10.7. The fraction of sp³-hybridized carbons (Fsp3) is 0.462. The van der Waals surface area contributed by atoms with Crippen LogP contribution in [0.1, 0.15) is 25.8 Å². The van der Waals surface area contributed by atoms with Crippen molar-refractivity contribution in [2.75, 3.05) is 0 Å². The van der Waals surface area contributed by atoms with Crippen LogP contribution < -0.4 is 4.72 Å². The minimum absolute atomic E-state index is 0.228. The van der Waals surface area contributed by atoms with Gasteiger partial charge in [0.2, 0.25) is 10.0 Å². The molecule has 0 heterocycles. The summed E-state index contributed by atoms with van der Waals surface area (Å²) < 4.78 is 40.2. The van der Waals surface area contributed by atoms with Gasteiger partial charge in [-0.3, -0.25) is 4.79 Å². The van der Waals surface area contributed by atoms with Crippen LogP contribution in [0, 0.1) is 18.7 Å². The molecule has 2 atom stereocenters. The fourth-order valence-corrected chi connectivity index (χ4v) is 3.43. The number of carbonyl (C=O) groups is 1. The van der Waals surface area contributed by atoms with Gasteiger partial charge in [-0.25, -0.2) is 12.8 Å². The molecule has 0 fully saturated rings. The minimum Gasteiger partial charge on any atom is -0.480 e. The zero-order valence-electron chi connectivity index (χ0n) is 11.6. The summed E-state index contributed by atoms with van der Waals surface area (Å²) in [5.41, 5.74) is 0.228. The molecule has 0 unspecified atom stereocenters. The molecular formula is C13H18FNO4S. The molecule has 0 aliphatic carbocycles. The van der Waals surface area contributed by atoms with Crippen molar-refractivity contribution in [2.24, 2.45) is 5.92 Å². The van der Waals surface area contributed by atoms with Gasteiger partial charge in [0.05, 0.1) is 0 Å². The third kappa shape index (κ3) is 3.55. The summed E-state index contributed by atoms with van der Waals surface area (Å²) in [5, 5.41) is 9.10. The maximum Gasteiger partial charge on any atom is 0.322 e. The van der Waals surface area contributed by atoms with Crippen LogP contribution in [0.2, 0.25) is 0 Å². The Balaban J connectivity index is 3.20. The van der Waals surface area contributed by atoms with E-state index >= 15 is 0 Å². The number of aryl methyl sites for hydroxylation is 1. The number of halogens is 1. The second-order valence-electron chi connectivity index (χ2n) is 4.71. The number of benzene rings is 1. The molecule has 0 radical (unpaired) electrons. The van der Waals surface area contributed by atoms with Gasteiger partial charge in [-0.05, 0) is 24.5 Å². The van der Waals surface area contributed by atoms with Crippen LogP contribution in [0.4, 0.5) is 4.39 Å². The van der Waals surface area contributed by atoms with E-state index in [0.29, 0.717) is 6.42 Å². The molecule has 0 spiro atoms. The molecule has 1 aromatic rings. The van der Waals surface area contributed by atoms with Gasteiger partial charge in [0.25, 0.3) is 0 Å². The molecule has 0 aromatic heterocycles. The Morgan fingerprint density at radius 2 is 2.05 bits per heavy atom. The SMILES string of the molecule is CC[C@H](C)[C@H](NS(=O)(=O)c1c(C)cccc1F)C(=O)O. The lowest BCUT2D eigenvalue weighted by Crippen LogP contribution is -2.45. The van der Waals surface area contributed by atoms with Crippen LogP contribution in [-0.2, 0) is 14.8 Å². The first kappa shape index (κ1) is 16.6. The monoisotopic (exact) mass is 303 g/mol. The van der Waals surface area contributed by atoms with E-state index in [4.69, 9.17) is 5.11 Å². The van der Waals surface area contributed by atoms with Crippen LogP contribution in [0.15, 0.2) is 23.1 Å². The lowest BCUT2D eigenvalue weighted by atomic mass is 10.0. The number of aliphatic carboxylic acids is 1. The molecule has 5 nitrogen and oxygen atoms in total. The summed E-state index contributed by atoms with van der Waals surface area (Å²) in [5.74, 6) is -2.59. The van der Waals surface area contributed by atoms with Crippen LogP contribution in [-0.4, -0.2) is 25.5 Å². The molecule has 20 heavy (non-hydrogen) atoms. The lowest BCUT2D eigenvalue weighted by molar-refractivity contribution is -0.140. The zero-order valence-corrected chi connectivity index (χ0v) is 12.4. The van der Waals surface area contributed by atoms with Gasteiger partial charge in [0.1, 0.15) is 16.8 Å². The molecule has 0 bridgehead atoms. The summed E-state index contributed by atoms with van der Waals surface area (Å²) in [6.45, 7) is 4.83. The molecule has 0 saturated heterocycles. The quantitative estimate of drug-likeness (QED) is 0.841. The minimum atomic E-state index is -4.23. The van der Waals surface area contributed by atoms with E-state index in [-0.39, 0.29) is 5.56 Å². The topological polar surface area (TPSA) is 83.5 Å². The highest BCUT2D eigenvalue weighted by atomic mass is 32.2. The Hall–Kier alpha value is -1.47. The van der Waals surface area contributed by atoms with Gasteiger partial charge in [0, 0.05) is 0 Å². The summed E-state index contributed by atoms with van der Waals surface area (Å²) in [6, 6.07) is 2.59. The standard InChI is InChI=1S/C13H18FNO4S/c1-4-8(2)11(13(16)17)15-20(18,19)12-9(3)6-5-7-10(12)14/h5-8,11,15H,4H2,1-3H3,(H,16,17)/t8-,11-/m0/s1. The number of hydrogen-bond donors (Lipinski definition) is 2. The Morgan fingerprint density at radius 3 is 2.50 bits per heavy atom. The lowest BCUT2D eigenvalue weighted by Gasteiger charge is -2.20. The predicted octanol–water partition coefficient (Wildman–Crippen LogP) is 1.91. The molecule has 2 N–H and O–H groups in total. The number of carboxylic acids is 1. The summed E-state index contributed by atoms with van der Waals surface area (Å²) >= 11 is 0. The Labute approximate surface area is 117 Å². The van der Waals surface area contributed by atoms with Crippen LogP contribution in [0.5, 0.6) is 0 Å². The van der Waals surface area contributed by atoms with E-state index in [9.17, 15) is 17.6 Å². The van der Waals surface area contributed by atoms with Crippen LogP contribution in [0.3, 0.4) is 0 Å². The number of hydrogen-bond acceptors (Lipinski definition) is 3. The Kier molecular flexibility index (Phi) is 5.24. The highest BCUT2D eigenvalue weighted by Gasteiger charge is 2.31. The smallest absolute Gasteiger partial charge is 0.322 e. The van der Waals surface area contributed by atoms with Gasteiger partial charge in [-0.15, -0.1) is 0 Å². The Morgan fingerprint density at radius 1 is 1.45 bits per heavy atom. The highest BCUT2D eigenvalue weighted by molar-refractivity contribution is 7.89. The summed E-state index contributed by atoms with van der Waals surface area (Å²) in [6.07, 6.45) is 0.482. The van der Waals surface area contributed by atoms with Gasteiger partial charge in [-0.2, -0.15) is 4.72 Å². The van der Waals surface area contributed by atoms with Crippen molar-refractivity contribution in [3.8, 4) is 0 Å². The van der Waals surface area contributed by atoms with Gasteiger partial charge < -0.3 is 5.11 Å². The van der Waals surface area contributed by atoms with Gasteiger partial charge in [0.15, 0.2) is 0 Å². The molecule has 0 amide bonds. The first-order valence-electron chi connectivity index (χ1n) is 6.21. The van der Waals surface area contributed by atoms with Crippen LogP contribution >= 0.6 is 0 Å². The van der Waals surface area contributed by atoms with Crippen molar-refractivity contribution in [3.63, 3.8) is 0 Å². The van der Waals surface area contributed by atoms with E-state index < -0.39 is 38.7 Å². The van der Waals surface area contributed by atoms with Crippen molar-refractivity contribution >= 4 is 16.0 Å². The molecule has 7 heteroatoms. The van der Waals surface area contributed by atoms with Crippen LogP contribution in [0.25, 0.3) is 0 Å². The summed E-state index contributed by atoms with van der Waals surface area (Å²) in [7, 11) is -4.23. The normalized spacial score (nSPS) is 14.8. The number of carboxylic acid groups (broad SMARTS) is 1. The number of rotatable bonds is 6. The first-order valence-corrected chi connectivity index (χ1v) is 7.69. The predicted molar refractivity (Wildman–Crippen MR) is 72.3 cm³/mol. The third-order valence-corrected chi connectivity index (χ3v) is 4.81. The fourth-order valence-electron chi connectivity index (χ4n) is 1.83. The van der Waals surface area contributed by atoms with Crippen molar-refractivity contribution in [3.05, 3.63) is 29.6 Å². The van der Waals surface area contributed by atoms with Crippen molar-refractivity contribution < 1.29 is 22.7 Å². The zero-order chi connectivity index (χ0) is 15.5. The molecule has 0 saturated carbocycles. The van der Waals surface area contributed by atoms with Crippen molar-refractivity contribution in [1.29, 1.82) is 0 Å². The molecule has 1 aromatic carbocycles. The average Bonchev–Trinajstić information content (AvgIpc) is 2.34. The highest BCUT2D eigenvalue weighted by Crippen LogP contribution is 2.20. The van der Waals surface area contributed by atoms with Gasteiger partial charge >= 0.3 is 5.97 Å². The number of nitrogens with one attached hydrogen (secondary N) is 1. The third-order valence-electron chi connectivity index (χ3n) is 3.19. The van der Waals surface area contributed by atoms with Gasteiger partial charge in [-0.1, -0.05) is 32.4 Å². The van der Waals surface area contributed by atoms with E-state index in [1.54, 1.807) is 13.8 Å². The van der Waals surface area contributed by atoms with Crippen molar-refractivity contribution in [1.82, 2.24) is 4.72 Å². The molecule has 0 aliphatic rings. The molecule has 1 rings (SSSR count). The largest absolute Gasteiger partial charge is 0.480 e.